The molecule has 0 aliphatic rings. The predicted molar refractivity (Wildman–Crippen MR) is 81.7 cm³/mol. The zero-order valence-electron chi connectivity index (χ0n) is 11.5. The average Bonchev–Trinajstić information content (AvgIpc) is 3.00. The Bertz CT molecular complexity index is 581. The number of nitrogens with two attached hydrogens (primary N) is 1. The van der Waals surface area contributed by atoms with Gasteiger partial charge in [-0.05, 0) is 17.5 Å². The number of anilines is 1. The van der Waals surface area contributed by atoms with Gasteiger partial charge in [-0.15, -0.1) is 11.3 Å². The van der Waals surface area contributed by atoms with Gasteiger partial charge in [-0.25, -0.2) is 0 Å². The molecule has 4 N–H and O–H groups in total. The smallest absolute Gasteiger partial charge is 0.253 e. The van der Waals surface area contributed by atoms with Crippen molar-refractivity contribution in [2.24, 2.45) is 5.84 Å². The third kappa shape index (κ3) is 3.15. The summed E-state index contributed by atoms with van der Waals surface area (Å²) in [6.45, 7) is 4.76. The molecular weight excluding hydrogens is 272 g/mol. The maximum absolute atomic E-state index is 12.2. The summed E-state index contributed by atoms with van der Waals surface area (Å²) >= 11 is 1.69. The summed E-state index contributed by atoms with van der Waals surface area (Å²) in [5.41, 5.74) is 3.38. The van der Waals surface area contributed by atoms with Gasteiger partial charge in [0.2, 0.25) is 0 Å². The lowest BCUT2D eigenvalue weighted by molar-refractivity contribution is 0.0946. The normalized spacial score (nSPS) is 11.2. The molecule has 0 fully saturated rings. The van der Waals surface area contributed by atoms with Gasteiger partial charge in [0, 0.05) is 23.0 Å². The number of pyridine rings is 1. The van der Waals surface area contributed by atoms with Crippen LogP contribution in [-0.2, 0) is 5.41 Å². The van der Waals surface area contributed by atoms with E-state index in [1.165, 1.54) is 11.1 Å². The molecule has 0 saturated heterocycles. The van der Waals surface area contributed by atoms with E-state index < -0.39 is 0 Å². The second kappa shape index (κ2) is 6.02. The predicted octanol–water partition coefficient (Wildman–Crippen LogP) is 2.14. The Morgan fingerprint density at radius 3 is 2.90 bits per heavy atom. The van der Waals surface area contributed by atoms with E-state index in [0.717, 1.165) is 0 Å². The number of amides is 1. The quantitative estimate of drug-likeness (QED) is 0.582. The molecule has 5 nitrogen and oxygen atoms in total. The van der Waals surface area contributed by atoms with Crippen LogP contribution in [0.25, 0.3) is 0 Å². The molecule has 2 aromatic heterocycles. The van der Waals surface area contributed by atoms with Crippen molar-refractivity contribution in [2.45, 2.75) is 19.3 Å². The van der Waals surface area contributed by atoms with Gasteiger partial charge in [0.15, 0.2) is 0 Å². The molecule has 0 atom stereocenters. The summed E-state index contributed by atoms with van der Waals surface area (Å²) in [4.78, 5) is 17.4. The summed E-state index contributed by atoms with van der Waals surface area (Å²) in [5, 5.41) is 4.99. The van der Waals surface area contributed by atoms with E-state index in [1.807, 2.05) is 11.4 Å². The van der Waals surface area contributed by atoms with Crippen LogP contribution >= 0.6 is 11.3 Å². The Hall–Kier alpha value is -1.92. The number of aromatic nitrogens is 1. The van der Waals surface area contributed by atoms with Crippen LogP contribution in [0.1, 0.15) is 29.1 Å². The van der Waals surface area contributed by atoms with Crippen LogP contribution in [0.3, 0.4) is 0 Å². The maximum Gasteiger partial charge on any atom is 0.253 e. The zero-order chi connectivity index (χ0) is 14.6. The molecule has 0 saturated carbocycles. The number of hydrogen-bond acceptors (Lipinski definition) is 5. The van der Waals surface area contributed by atoms with Gasteiger partial charge in [-0.3, -0.25) is 15.6 Å². The fraction of sp³-hybridized carbons (Fsp3) is 0.286. The first-order valence-corrected chi connectivity index (χ1v) is 7.15. The fourth-order valence-electron chi connectivity index (χ4n) is 1.85. The molecule has 0 spiro atoms. The largest absolute Gasteiger partial charge is 0.351 e. The van der Waals surface area contributed by atoms with Crippen molar-refractivity contribution < 1.29 is 4.79 Å². The van der Waals surface area contributed by atoms with Gasteiger partial charge in [-0.1, -0.05) is 19.9 Å². The van der Waals surface area contributed by atoms with E-state index in [4.69, 9.17) is 5.84 Å². The molecule has 0 aliphatic carbocycles. The average molecular weight is 290 g/mol. The minimum Gasteiger partial charge on any atom is -0.351 e. The molecule has 0 aromatic carbocycles. The molecule has 2 rings (SSSR count). The molecule has 2 aromatic rings. The van der Waals surface area contributed by atoms with Crippen LogP contribution in [0.4, 0.5) is 5.69 Å². The minimum absolute atomic E-state index is 0.104. The highest BCUT2D eigenvalue weighted by atomic mass is 32.1. The maximum atomic E-state index is 12.2. The monoisotopic (exact) mass is 290 g/mol. The summed E-state index contributed by atoms with van der Waals surface area (Å²) in [6.07, 6.45) is 3.10. The molecule has 0 aliphatic heterocycles. The van der Waals surface area contributed by atoms with Gasteiger partial charge < -0.3 is 10.7 Å². The van der Waals surface area contributed by atoms with Crippen LogP contribution in [0, 0.1) is 0 Å². The first-order chi connectivity index (χ1) is 9.54. The highest BCUT2D eigenvalue weighted by Crippen LogP contribution is 2.26. The van der Waals surface area contributed by atoms with E-state index in [2.05, 4.69) is 35.6 Å². The summed E-state index contributed by atoms with van der Waals surface area (Å²) in [6, 6.07) is 5.74. The van der Waals surface area contributed by atoms with E-state index in [9.17, 15) is 4.79 Å². The summed E-state index contributed by atoms with van der Waals surface area (Å²) in [7, 11) is 0. The topological polar surface area (TPSA) is 80.0 Å². The van der Waals surface area contributed by atoms with E-state index in [1.54, 1.807) is 23.6 Å². The van der Waals surface area contributed by atoms with Crippen LogP contribution in [-0.4, -0.2) is 17.4 Å². The van der Waals surface area contributed by atoms with Crippen LogP contribution in [0.2, 0.25) is 0 Å². The number of nitrogens with zero attached hydrogens (tertiary/aromatic N) is 1. The third-order valence-electron chi connectivity index (χ3n) is 3.10. The first kappa shape index (κ1) is 14.5. The second-order valence-electron chi connectivity index (χ2n) is 5.11. The summed E-state index contributed by atoms with van der Waals surface area (Å²) in [5.74, 6) is 5.22. The van der Waals surface area contributed by atoms with Crippen molar-refractivity contribution >= 4 is 22.9 Å². The highest BCUT2D eigenvalue weighted by Gasteiger charge is 2.23. The van der Waals surface area contributed by atoms with Gasteiger partial charge >= 0.3 is 0 Å². The van der Waals surface area contributed by atoms with Gasteiger partial charge in [-0.2, -0.15) is 0 Å². The van der Waals surface area contributed by atoms with Gasteiger partial charge in [0.25, 0.3) is 5.91 Å². The Balaban J connectivity index is 2.06. The highest BCUT2D eigenvalue weighted by molar-refractivity contribution is 7.10. The lowest BCUT2D eigenvalue weighted by atomic mass is 9.91. The molecule has 0 radical (unpaired) electrons. The number of rotatable bonds is 5. The van der Waals surface area contributed by atoms with Crippen molar-refractivity contribution in [3.63, 3.8) is 0 Å². The van der Waals surface area contributed by atoms with Crippen LogP contribution < -0.4 is 16.6 Å². The number of nitrogen functional groups attached to an aromatic ring is 1. The number of hydrogen-bond donors (Lipinski definition) is 3. The molecule has 2 heterocycles. The zero-order valence-corrected chi connectivity index (χ0v) is 12.3. The SMILES string of the molecule is CC(C)(CNC(=O)c1ccncc1NN)c1cccs1. The Morgan fingerprint density at radius 2 is 2.25 bits per heavy atom. The van der Waals surface area contributed by atoms with E-state index >= 15 is 0 Å². The number of nitrogens with one attached hydrogen (secondary N) is 2. The molecule has 106 valence electrons. The number of carbonyl (C=O) groups excluding carboxylic acids is 1. The Morgan fingerprint density at radius 1 is 1.45 bits per heavy atom. The van der Waals surface area contributed by atoms with Gasteiger partial charge in [0.05, 0.1) is 17.4 Å². The molecule has 6 heteroatoms. The Kier molecular flexibility index (Phi) is 4.36. The van der Waals surface area contributed by atoms with Crippen LogP contribution in [0.5, 0.6) is 0 Å². The van der Waals surface area contributed by atoms with Crippen molar-refractivity contribution in [3.05, 3.63) is 46.4 Å². The lowest BCUT2D eigenvalue weighted by Crippen LogP contribution is -2.36. The number of thiophene rings is 1. The standard InChI is InChI=1S/C14H18N4OS/c1-14(2,12-4-3-7-20-12)9-17-13(19)10-5-6-16-8-11(10)18-15/h3-8,18H,9,15H2,1-2H3,(H,17,19). The number of carbonyl (C=O) groups is 1. The molecule has 20 heavy (non-hydrogen) atoms. The van der Waals surface area contributed by atoms with Crippen molar-refractivity contribution in [1.29, 1.82) is 0 Å². The first-order valence-electron chi connectivity index (χ1n) is 6.27. The van der Waals surface area contributed by atoms with E-state index in [0.29, 0.717) is 17.8 Å². The van der Waals surface area contributed by atoms with E-state index in [-0.39, 0.29) is 11.3 Å². The Labute approximate surface area is 122 Å². The minimum atomic E-state index is -0.162. The van der Waals surface area contributed by atoms with Crippen LogP contribution in [0.15, 0.2) is 36.0 Å². The fourth-order valence-corrected chi connectivity index (χ4v) is 2.71. The van der Waals surface area contributed by atoms with Gasteiger partial charge in [0.1, 0.15) is 0 Å². The number of hydrazine groups is 1. The molecular formula is C14H18N4OS. The van der Waals surface area contributed by atoms with Crippen molar-refractivity contribution in [2.75, 3.05) is 12.0 Å². The third-order valence-corrected chi connectivity index (χ3v) is 4.34. The molecule has 0 unspecified atom stereocenters. The molecule has 0 bridgehead atoms. The second-order valence-corrected chi connectivity index (χ2v) is 6.06. The molecule has 1 amide bonds. The van der Waals surface area contributed by atoms with Crippen molar-refractivity contribution in [3.8, 4) is 0 Å². The lowest BCUT2D eigenvalue weighted by Gasteiger charge is -2.23. The summed E-state index contributed by atoms with van der Waals surface area (Å²) < 4.78 is 0. The van der Waals surface area contributed by atoms with Crippen molar-refractivity contribution in [1.82, 2.24) is 10.3 Å².